The maximum absolute atomic E-state index is 11.9. The number of hydrogen-bond donors (Lipinski definition) is 1. The van der Waals surface area contributed by atoms with Crippen molar-refractivity contribution in [2.45, 2.75) is 82.1 Å². The van der Waals surface area contributed by atoms with Gasteiger partial charge in [-0.05, 0) is 55.6 Å². The average Bonchev–Trinajstić information content (AvgIpc) is 3.24. The van der Waals surface area contributed by atoms with Gasteiger partial charge in [-0.2, -0.15) is 0 Å². The lowest BCUT2D eigenvalue weighted by Crippen LogP contribution is -2.48. The van der Waals surface area contributed by atoms with Crippen LogP contribution in [0, 0.1) is 0 Å². The SMILES string of the molecule is COC1=NCC/C1=C/[C@]1(O)O[C@]2(C)C[C@H]1c1c(OC)cccc1[C@H]2O[Si](C)(C)C(C)(C)C. The summed E-state index contributed by atoms with van der Waals surface area (Å²) in [5.41, 5.74) is 2.23. The minimum Gasteiger partial charge on any atom is -0.496 e. The molecule has 1 saturated heterocycles. The third kappa shape index (κ3) is 3.63. The Morgan fingerprint density at radius 2 is 1.94 bits per heavy atom. The quantitative estimate of drug-likeness (QED) is 0.635. The molecule has 1 N–H and O–H groups in total. The Balaban J connectivity index is 1.85. The van der Waals surface area contributed by atoms with Crippen molar-refractivity contribution in [2.24, 2.45) is 4.99 Å². The number of hydrogen-bond acceptors (Lipinski definition) is 6. The highest BCUT2D eigenvalue weighted by Gasteiger charge is 2.62. The molecule has 3 aliphatic rings. The highest BCUT2D eigenvalue weighted by atomic mass is 28.4. The predicted octanol–water partition coefficient (Wildman–Crippen LogP) is 5.10. The third-order valence-corrected chi connectivity index (χ3v) is 12.2. The first kappa shape index (κ1) is 23.5. The predicted molar refractivity (Wildman–Crippen MR) is 128 cm³/mol. The van der Waals surface area contributed by atoms with Crippen LogP contribution < -0.4 is 4.74 Å². The summed E-state index contributed by atoms with van der Waals surface area (Å²) in [4.78, 5) is 4.40. The Bertz CT molecular complexity index is 966. The summed E-state index contributed by atoms with van der Waals surface area (Å²) in [6, 6.07) is 6.05. The van der Waals surface area contributed by atoms with Gasteiger partial charge in [0.25, 0.3) is 0 Å². The first-order valence-electron chi connectivity index (χ1n) is 11.4. The van der Waals surface area contributed by atoms with Crippen molar-refractivity contribution in [1.82, 2.24) is 0 Å². The fourth-order valence-corrected chi connectivity index (χ4v) is 6.35. The zero-order valence-electron chi connectivity index (χ0n) is 20.6. The van der Waals surface area contributed by atoms with Crippen LogP contribution in [-0.4, -0.2) is 51.5 Å². The molecule has 6 nitrogen and oxygen atoms in total. The molecule has 0 saturated carbocycles. The molecule has 0 aromatic heterocycles. The van der Waals surface area contributed by atoms with Gasteiger partial charge in [0.15, 0.2) is 14.1 Å². The van der Waals surface area contributed by atoms with Crippen LogP contribution in [0.2, 0.25) is 18.1 Å². The van der Waals surface area contributed by atoms with Crippen molar-refractivity contribution in [3.8, 4) is 5.75 Å². The summed E-state index contributed by atoms with van der Waals surface area (Å²) < 4.78 is 24.8. The molecule has 176 valence electrons. The molecular weight excluding hydrogens is 422 g/mol. The van der Waals surface area contributed by atoms with Gasteiger partial charge in [-0.25, -0.2) is 0 Å². The summed E-state index contributed by atoms with van der Waals surface area (Å²) in [7, 11) is 1.15. The molecular formula is C25H37NO5Si. The minimum absolute atomic E-state index is 0.0454. The highest BCUT2D eigenvalue weighted by molar-refractivity contribution is 6.74. The van der Waals surface area contributed by atoms with Crippen LogP contribution in [0.5, 0.6) is 5.75 Å². The molecule has 0 radical (unpaired) electrons. The van der Waals surface area contributed by atoms with Gasteiger partial charge in [0.2, 0.25) is 5.90 Å². The molecule has 4 atom stereocenters. The summed E-state index contributed by atoms with van der Waals surface area (Å²) in [6.45, 7) is 13.9. The first-order chi connectivity index (χ1) is 14.9. The lowest BCUT2D eigenvalue weighted by molar-refractivity contribution is -0.212. The third-order valence-electron chi connectivity index (χ3n) is 7.71. The lowest BCUT2D eigenvalue weighted by Gasteiger charge is -2.45. The standard InChI is InChI=1S/C25H37NO5Si/c1-23(2,3)32(7,8)30-21-17-10-9-11-19(28-5)20(17)18-15-24(21,4)31-25(18,27)14-16-12-13-26-22(16)29-6/h9-11,14,18,21,27H,12-13,15H2,1-8H3/b16-14-/t18-,21+,24+,25-/m0/s1. The number of aliphatic imine (C=N–C) groups is 1. The fourth-order valence-electron chi connectivity index (χ4n) is 5.03. The van der Waals surface area contributed by atoms with Crippen molar-refractivity contribution in [3.05, 3.63) is 41.0 Å². The Hall–Kier alpha value is -1.67. The molecule has 1 aliphatic carbocycles. The second-order valence-electron chi connectivity index (χ2n) is 11.0. The fraction of sp³-hybridized carbons (Fsp3) is 0.640. The van der Waals surface area contributed by atoms with E-state index < -0.39 is 19.7 Å². The highest BCUT2D eigenvalue weighted by Crippen LogP contribution is 2.62. The molecule has 1 fully saturated rings. The van der Waals surface area contributed by atoms with Gasteiger partial charge in [0.1, 0.15) is 5.75 Å². The van der Waals surface area contributed by atoms with Crippen LogP contribution in [0.25, 0.3) is 0 Å². The second kappa shape index (κ2) is 7.69. The van der Waals surface area contributed by atoms with Crippen LogP contribution in [-0.2, 0) is 13.9 Å². The molecule has 2 aliphatic heterocycles. The lowest BCUT2D eigenvalue weighted by atomic mass is 9.72. The Morgan fingerprint density at radius 3 is 2.56 bits per heavy atom. The second-order valence-corrected chi connectivity index (χ2v) is 15.7. The average molecular weight is 460 g/mol. The zero-order valence-corrected chi connectivity index (χ0v) is 21.6. The van der Waals surface area contributed by atoms with Gasteiger partial charge in [-0.3, -0.25) is 4.99 Å². The van der Waals surface area contributed by atoms with E-state index in [1.165, 1.54) is 0 Å². The molecule has 2 heterocycles. The van der Waals surface area contributed by atoms with E-state index in [2.05, 4.69) is 51.8 Å². The van der Waals surface area contributed by atoms with Gasteiger partial charge in [-0.1, -0.05) is 32.9 Å². The van der Waals surface area contributed by atoms with Gasteiger partial charge < -0.3 is 23.7 Å². The Morgan fingerprint density at radius 1 is 1.22 bits per heavy atom. The number of aliphatic hydroxyl groups is 1. The van der Waals surface area contributed by atoms with Gasteiger partial charge >= 0.3 is 0 Å². The van der Waals surface area contributed by atoms with E-state index >= 15 is 0 Å². The van der Waals surface area contributed by atoms with E-state index in [0.29, 0.717) is 18.9 Å². The molecule has 0 amide bonds. The summed E-state index contributed by atoms with van der Waals surface area (Å²) in [5.74, 6) is -0.442. The van der Waals surface area contributed by atoms with Crippen LogP contribution in [0.3, 0.4) is 0 Å². The summed E-state index contributed by atoms with van der Waals surface area (Å²) >= 11 is 0. The van der Waals surface area contributed by atoms with Gasteiger partial charge in [-0.15, -0.1) is 0 Å². The van der Waals surface area contributed by atoms with Crippen LogP contribution in [0.4, 0.5) is 0 Å². The minimum atomic E-state index is -2.13. The van der Waals surface area contributed by atoms with Gasteiger partial charge in [0, 0.05) is 23.6 Å². The number of ether oxygens (including phenoxy) is 3. The molecule has 1 aromatic rings. The Labute approximate surface area is 192 Å². The number of benzene rings is 1. The molecule has 0 spiro atoms. The van der Waals surface area contributed by atoms with E-state index in [0.717, 1.165) is 28.9 Å². The van der Waals surface area contributed by atoms with Crippen LogP contribution in [0.1, 0.15) is 63.7 Å². The van der Waals surface area contributed by atoms with Crippen molar-refractivity contribution in [2.75, 3.05) is 20.8 Å². The number of fused-ring (bicyclic) bond motifs is 4. The van der Waals surface area contributed by atoms with E-state index in [-0.39, 0.29) is 17.1 Å². The number of nitrogens with zero attached hydrogens (tertiary/aromatic N) is 1. The first-order valence-corrected chi connectivity index (χ1v) is 14.3. The summed E-state index contributed by atoms with van der Waals surface area (Å²) in [6.07, 6.45) is 2.88. The monoisotopic (exact) mass is 459 g/mol. The van der Waals surface area contributed by atoms with Crippen molar-refractivity contribution in [1.29, 1.82) is 0 Å². The smallest absolute Gasteiger partial charge is 0.211 e. The number of rotatable bonds is 4. The summed E-state index contributed by atoms with van der Waals surface area (Å²) in [5, 5.41) is 12.0. The van der Waals surface area contributed by atoms with Crippen molar-refractivity contribution < 1.29 is 23.7 Å². The van der Waals surface area contributed by atoms with Crippen molar-refractivity contribution >= 4 is 14.2 Å². The Kier molecular flexibility index (Phi) is 5.64. The topological polar surface area (TPSA) is 69.5 Å². The normalized spacial score (nSPS) is 33.3. The molecule has 4 rings (SSSR count). The molecule has 1 aromatic carbocycles. The van der Waals surface area contributed by atoms with E-state index in [4.69, 9.17) is 18.6 Å². The maximum Gasteiger partial charge on any atom is 0.211 e. The largest absolute Gasteiger partial charge is 0.496 e. The van der Waals surface area contributed by atoms with E-state index in [1.807, 2.05) is 18.2 Å². The molecule has 32 heavy (non-hydrogen) atoms. The number of methoxy groups -OCH3 is 2. The van der Waals surface area contributed by atoms with Crippen LogP contribution in [0.15, 0.2) is 34.8 Å². The van der Waals surface area contributed by atoms with Crippen molar-refractivity contribution in [3.63, 3.8) is 0 Å². The zero-order chi connectivity index (χ0) is 23.5. The van der Waals surface area contributed by atoms with Gasteiger partial charge in [0.05, 0.1) is 25.9 Å². The van der Waals surface area contributed by atoms with Crippen LogP contribution >= 0.6 is 0 Å². The maximum atomic E-state index is 11.9. The van der Waals surface area contributed by atoms with E-state index in [1.54, 1.807) is 14.2 Å². The van der Waals surface area contributed by atoms with E-state index in [9.17, 15) is 5.11 Å². The molecule has 7 heteroatoms. The molecule has 2 bridgehead atoms. The molecule has 0 unspecified atom stereocenters.